The van der Waals surface area contributed by atoms with Crippen LogP contribution in [0.1, 0.15) is 21.6 Å². The summed E-state index contributed by atoms with van der Waals surface area (Å²) in [4.78, 5) is 16.7. The van der Waals surface area contributed by atoms with Crippen LogP contribution < -0.4 is 5.32 Å². The Balaban J connectivity index is 1.55. The fourth-order valence-corrected chi connectivity index (χ4v) is 3.24. The van der Waals surface area contributed by atoms with Crippen LogP contribution in [0.2, 0.25) is 5.02 Å². The van der Waals surface area contributed by atoms with Gasteiger partial charge in [-0.15, -0.1) is 11.3 Å². The first-order chi connectivity index (χ1) is 11.6. The smallest absolute Gasteiger partial charge is 0.251 e. The summed E-state index contributed by atoms with van der Waals surface area (Å²) < 4.78 is 0. The third kappa shape index (κ3) is 4.22. The maximum absolute atomic E-state index is 12.1. The number of carbonyl (C=O) groups excluding carboxylic acids is 1. The highest BCUT2D eigenvalue weighted by atomic mass is 35.5. The zero-order chi connectivity index (χ0) is 16.9. The molecule has 0 atom stereocenters. The van der Waals surface area contributed by atoms with E-state index in [1.165, 1.54) is 0 Å². The van der Waals surface area contributed by atoms with Crippen LogP contribution in [-0.2, 0) is 6.42 Å². The van der Waals surface area contributed by atoms with Gasteiger partial charge in [0.1, 0.15) is 5.01 Å². The Bertz CT molecular complexity index is 825. The lowest BCUT2D eigenvalue weighted by molar-refractivity contribution is 0.0954. The number of rotatable bonds is 5. The molecule has 0 unspecified atom stereocenters. The fourth-order valence-electron chi connectivity index (χ4n) is 2.26. The van der Waals surface area contributed by atoms with Crippen LogP contribution in [-0.4, -0.2) is 17.4 Å². The number of thiazole rings is 1. The Morgan fingerprint density at radius 3 is 2.54 bits per heavy atom. The molecule has 3 aromatic rings. The monoisotopic (exact) mass is 356 g/mol. The summed E-state index contributed by atoms with van der Waals surface area (Å²) >= 11 is 7.50. The molecule has 0 spiro atoms. The minimum atomic E-state index is -0.0526. The highest BCUT2D eigenvalue weighted by Crippen LogP contribution is 2.25. The number of hydrogen-bond acceptors (Lipinski definition) is 3. The average molecular weight is 357 g/mol. The quantitative estimate of drug-likeness (QED) is 0.717. The zero-order valence-corrected chi connectivity index (χ0v) is 14.8. The fraction of sp³-hybridized carbons (Fsp3) is 0.158. The molecule has 2 aromatic carbocycles. The largest absolute Gasteiger partial charge is 0.352 e. The molecule has 1 amide bonds. The van der Waals surface area contributed by atoms with Crippen LogP contribution in [0.25, 0.3) is 10.6 Å². The maximum atomic E-state index is 12.1. The van der Waals surface area contributed by atoms with E-state index in [9.17, 15) is 4.79 Å². The van der Waals surface area contributed by atoms with Crippen LogP contribution in [0.3, 0.4) is 0 Å². The van der Waals surface area contributed by atoms with Gasteiger partial charge in [0.05, 0.1) is 5.69 Å². The normalized spacial score (nSPS) is 10.6. The topological polar surface area (TPSA) is 42.0 Å². The number of hydrogen-bond donors (Lipinski definition) is 1. The van der Waals surface area contributed by atoms with Gasteiger partial charge in [-0.1, -0.05) is 41.4 Å². The zero-order valence-electron chi connectivity index (χ0n) is 13.3. The Morgan fingerprint density at radius 1 is 1.12 bits per heavy atom. The van der Waals surface area contributed by atoms with E-state index in [-0.39, 0.29) is 5.91 Å². The summed E-state index contributed by atoms with van der Waals surface area (Å²) in [6.07, 6.45) is 0.710. The van der Waals surface area contributed by atoms with Crippen LogP contribution >= 0.6 is 22.9 Å². The van der Waals surface area contributed by atoms with Crippen molar-refractivity contribution >= 4 is 28.8 Å². The Kier molecular flexibility index (Phi) is 5.28. The van der Waals surface area contributed by atoms with Crippen molar-refractivity contribution in [3.05, 3.63) is 75.8 Å². The lowest BCUT2D eigenvalue weighted by Crippen LogP contribution is -2.25. The van der Waals surface area contributed by atoms with Crippen molar-refractivity contribution in [2.45, 2.75) is 13.3 Å². The molecule has 0 saturated heterocycles. The molecule has 0 aliphatic heterocycles. The van der Waals surface area contributed by atoms with E-state index in [0.29, 0.717) is 23.6 Å². The third-order valence-electron chi connectivity index (χ3n) is 3.62. The summed E-state index contributed by atoms with van der Waals surface area (Å²) in [6, 6.07) is 15.2. The van der Waals surface area contributed by atoms with Gasteiger partial charge in [0.2, 0.25) is 0 Å². The molecule has 24 heavy (non-hydrogen) atoms. The first-order valence-corrected chi connectivity index (χ1v) is 8.93. The Morgan fingerprint density at radius 2 is 1.83 bits per heavy atom. The highest BCUT2D eigenvalue weighted by molar-refractivity contribution is 7.13. The number of nitrogens with zero attached hydrogens (tertiary/aromatic N) is 1. The molecule has 0 bridgehead atoms. The van der Waals surface area contributed by atoms with E-state index in [4.69, 9.17) is 11.6 Å². The molecule has 3 nitrogen and oxygen atoms in total. The molecule has 0 aliphatic rings. The van der Waals surface area contributed by atoms with E-state index in [1.54, 1.807) is 11.3 Å². The van der Waals surface area contributed by atoms with Crippen LogP contribution in [0.15, 0.2) is 53.9 Å². The van der Waals surface area contributed by atoms with E-state index in [2.05, 4.69) is 10.3 Å². The molecule has 0 fully saturated rings. The Labute approximate surface area is 150 Å². The summed E-state index contributed by atoms with van der Waals surface area (Å²) in [5.41, 5.74) is 3.86. The van der Waals surface area contributed by atoms with Gasteiger partial charge in [0.15, 0.2) is 0 Å². The van der Waals surface area contributed by atoms with Gasteiger partial charge < -0.3 is 5.32 Å². The van der Waals surface area contributed by atoms with Crippen molar-refractivity contribution in [1.82, 2.24) is 10.3 Å². The summed E-state index contributed by atoms with van der Waals surface area (Å²) in [5.74, 6) is -0.0526. The lowest BCUT2D eigenvalue weighted by atomic mass is 10.1. The molecule has 1 aromatic heterocycles. The van der Waals surface area contributed by atoms with Crippen molar-refractivity contribution in [2.75, 3.05) is 6.54 Å². The maximum Gasteiger partial charge on any atom is 0.251 e. The first-order valence-electron chi connectivity index (χ1n) is 7.67. The second-order valence-electron chi connectivity index (χ2n) is 5.52. The molecule has 0 saturated carbocycles. The number of aryl methyl sites for hydroxylation is 1. The standard InChI is InChI=1S/C19H17ClN2OS/c1-13-2-4-14(5-3-13)18(23)21-11-10-17-12-24-19(22-17)15-6-8-16(20)9-7-15/h2-9,12H,10-11H2,1H3,(H,21,23). The molecule has 1 heterocycles. The minimum Gasteiger partial charge on any atom is -0.352 e. The average Bonchev–Trinajstić information content (AvgIpc) is 3.05. The lowest BCUT2D eigenvalue weighted by Gasteiger charge is -2.04. The predicted molar refractivity (Wildman–Crippen MR) is 99.8 cm³/mol. The van der Waals surface area contributed by atoms with E-state index in [1.807, 2.05) is 60.8 Å². The van der Waals surface area contributed by atoms with Gasteiger partial charge in [0.25, 0.3) is 5.91 Å². The van der Waals surface area contributed by atoms with Crippen molar-refractivity contribution in [2.24, 2.45) is 0 Å². The van der Waals surface area contributed by atoms with Crippen molar-refractivity contribution in [3.8, 4) is 10.6 Å². The molecule has 122 valence electrons. The van der Waals surface area contributed by atoms with Gasteiger partial charge in [-0.3, -0.25) is 4.79 Å². The van der Waals surface area contributed by atoms with E-state index >= 15 is 0 Å². The number of carbonyl (C=O) groups is 1. The number of amides is 1. The van der Waals surface area contributed by atoms with Crippen molar-refractivity contribution in [1.29, 1.82) is 0 Å². The summed E-state index contributed by atoms with van der Waals surface area (Å²) in [7, 11) is 0. The summed E-state index contributed by atoms with van der Waals surface area (Å²) in [5, 5.41) is 6.64. The SMILES string of the molecule is Cc1ccc(C(=O)NCCc2csc(-c3ccc(Cl)cc3)n2)cc1. The number of benzene rings is 2. The summed E-state index contributed by atoms with van der Waals surface area (Å²) in [6.45, 7) is 2.57. The molecule has 3 rings (SSSR count). The van der Waals surface area contributed by atoms with Gasteiger partial charge in [-0.2, -0.15) is 0 Å². The number of halogens is 1. The first kappa shape index (κ1) is 16.7. The molecule has 1 N–H and O–H groups in total. The highest BCUT2D eigenvalue weighted by Gasteiger charge is 2.07. The van der Waals surface area contributed by atoms with Crippen molar-refractivity contribution < 1.29 is 4.79 Å². The second kappa shape index (κ2) is 7.60. The number of nitrogens with one attached hydrogen (secondary N) is 1. The molecular formula is C19H17ClN2OS. The molecule has 0 radical (unpaired) electrons. The van der Waals surface area contributed by atoms with Crippen LogP contribution in [0, 0.1) is 6.92 Å². The molecular weight excluding hydrogens is 340 g/mol. The van der Waals surface area contributed by atoms with Gasteiger partial charge in [0, 0.05) is 34.5 Å². The Hall–Kier alpha value is -2.17. The van der Waals surface area contributed by atoms with Crippen molar-refractivity contribution in [3.63, 3.8) is 0 Å². The van der Waals surface area contributed by atoms with Crippen LogP contribution in [0.4, 0.5) is 0 Å². The van der Waals surface area contributed by atoms with E-state index in [0.717, 1.165) is 21.8 Å². The van der Waals surface area contributed by atoms with Gasteiger partial charge >= 0.3 is 0 Å². The molecule has 0 aliphatic carbocycles. The second-order valence-corrected chi connectivity index (χ2v) is 6.82. The van der Waals surface area contributed by atoms with Gasteiger partial charge in [-0.05, 0) is 31.2 Å². The van der Waals surface area contributed by atoms with Crippen LogP contribution in [0.5, 0.6) is 0 Å². The molecule has 5 heteroatoms. The number of aromatic nitrogens is 1. The third-order valence-corrected chi connectivity index (χ3v) is 4.82. The van der Waals surface area contributed by atoms with E-state index < -0.39 is 0 Å². The predicted octanol–water partition coefficient (Wildman–Crippen LogP) is 4.74. The minimum absolute atomic E-state index is 0.0526. The van der Waals surface area contributed by atoms with Gasteiger partial charge in [-0.25, -0.2) is 4.98 Å².